The van der Waals surface area contributed by atoms with E-state index in [-0.39, 0.29) is 11.4 Å². The molecule has 25 heavy (non-hydrogen) atoms. The first kappa shape index (κ1) is 17.6. The van der Waals surface area contributed by atoms with Crippen molar-refractivity contribution in [2.75, 3.05) is 6.54 Å². The van der Waals surface area contributed by atoms with Crippen molar-refractivity contribution in [1.82, 2.24) is 19.5 Å². The van der Waals surface area contributed by atoms with Gasteiger partial charge in [0, 0.05) is 35.7 Å². The summed E-state index contributed by atoms with van der Waals surface area (Å²) in [5, 5.41) is 4.86. The van der Waals surface area contributed by atoms with Crippen LogP contribution in [0.5, 0.6) is 0 Å². The molecule has 0 aliphatic rings. The number of rotatable bonds is 6. The molecule has 0 aliphatic heterocycles. The maximum absolute atomic E-state index is 12.3. The Kier molecular flexibility index (Phi) is 5.17. The zero-order valence-electron chi connectivity index (χ0n) is 13.6. The summed E-state index contributed by atoms with van der Waals surface area (Å²) in [5.74, 6) is 0. The quantitative estimate of drug-likeness (QED) is 0.717. The van der Waals surface area contributed by atoms with E-state index in [4.69, 9.17) is 11.6 Å². The molecule has 0 fully saturated rings. The molecule has 0 saturated carbocycles. The maximum Gasteiger partial charge on any atom is 0.240 e. The molecule has 8 heteroatoms. The number of aromatic nitrogens is 3. The van der Waals surface area contributed by atoms with Gasteiger partial charge in [-0.05, 0) is 42.8 Å². The van der Waals surface area contributed by atoms with Gasteiger partial charge in [0.2, 0.25) is 10.0 Å². The van der Waals surface area contributed by atoms with Crippen LogP contribution in [-0.4, -0.2) is 29.7 Å². The van der Waals surface area contributed by atoms with E-state index in [1.54, 1.807) is 29.2 Å². The molecule has 2 aromatic heterocycles. The molecule has 0 bridgehead atoms. The summed E-state index contributed by atoms with van der Waals surface area (Å²) in [6.07, 6.45) is 5.22. The lowest BCUT2D eigenvalue weighted by Gasteiger charge is -2.08. The number of benzene rings is 1. The normalized spacial score (nSPS) is 11.6. The third-order valence-electron chi connectivity index (χ3n) is 3.70. The van der Waals surface area contributed by atoms with Gasteiger partial charge in [-0.25, -0.2) is 13.1 Å². The Morgan fingerprint density at radius 2 is 1.92 bits per heavy atom. The van der Waals surface area contributed by atoms with Gasteiger partial charge in [0.25, 0.3) is 0 Å². The van der Waals surface area contributed by atoms with Crippen LogP contribution < -0.4 is 4.72 Å². The Labute approximate surface area is 151 Å². The lowest BCUT2D eigenvalue weighted by atomic mass is 10.2. The predicted molar refractivity (Wildman–Crippen MR) is 96.8 cm³/mol. The maximum atomic E-state index is 12.3. The van der Waals surface area contributed by atoms with Crippen LogP contribution in [0.2, 0.25) is 5.02 Å². The smallest absolute Gasteiger partial charge is 0.240 e. The third-order valence-corrected chi connectivity index (χ3v) is 5.57. The minimum Gasteiger partial charge on any atom is -0.271 e. The zero-order valence-corrected chi connectivity index (χ0v) is 15.1. The molecule has 3 aromatic rings. The van der Waals surface area contributed by atoms with Gasteiger partial charge in [0.15, 0.2) is 0 Å². The summed E-state index contributed by atoms with van der Waals surface area (Å²) in [4.78, 5) is 4.13. The number of pyridine rings is 1. The average Bonchev–Trinajstić information content (AvgIpc) is 3.07. The van der Waals surface area contributed by atoms with Crippen molar-refractivity contribution in [2.45, 2.75) is 18.4 Å². The minimum absolute atomic E-state index is 0.154. The van der Waals surface area contributed by atoms with E-state index in [2.05, 4.69) is 14.8 Å². The Bertz CT molecular complexity index is 971. The molecule has 1 aromatic carbocycles. The van der Waals surface area contributed by atoms with E-state index in [1.165, 1.54) is 6.07 Å². The lowest BCUT2D eigenvalue weighted by Crippen LogP contribution is -2.27. The first-order valence-corrected chi connectivity index (χ1v) is 9.51. The van der Waals surface area contributed by atoms with Crippen LogP contribution >= 0.6 is 11.6 Å². The summed E-state index contributed by atoms with van der Waals surface area (Å²) < 4.78 is 28.9. The fourth-order valence-electron chi connectivity index (χ4n) is 2.28. The van der Waals surface area contributed by atoms with Gasteiger partial charge in [0.1, 0.15) is 0 Å². The second-order valence-corrected chi connectivity index (χ2v) is 7.68. The van der Waals surface area contributed by atoms with Crippen LogP contribution in [-0.2, 0) is 16.6 Å². The number of hydrogen-bond donors (Lipinski definition) is 1. The average molecular weight is 377 g/mol. The van der Waals surface area contributed by atoms with Crippen molar-refractivity contribution >= 4 is 21.6 Å². The molecule has 2 heterocycles. The number of nitrogens with zero attached hydrogens (tertiary/aromatic N) is 3. The highest BCUT2D eigenvalue weighted by molar-refractivity contribution is 7.89. The van der Waals surface area contributed by atoms with Gasteiger partial charge < -0.3 is 0 Å². The highest BCUT2D eigenvalue weighted by Gasteiger charge is 2.14. The van der Waals surface area contributed by atoms with Gasteiger partial charge in [-0.3, -0.25) is 9.67 Å². The van der Waals surface area contributed by atoms with Crippen molar-refractivity contribution in [3.05, 3.63) is 65.6 Å². The van der Waals surface area contributed by atoms with Crippen LogP contribution in [0, 0.1) is 6.92 Å². The second kappa shape index (κ2) is 7.35. The lowest BCUT2D eigenvalue weighted by molar-refractivity contribution is 0.561. The molecule has 3 rings (SSSR count). The largest absolute Gasteiger partial charge is 0.271 e. The van der Waals surface area contributed by atoms with Crippen molar-refractivity contribution in [2.24, 2.45) is 0 Å². The molecule has 1 N–H and O–H groups in total. The molecular weight excluding hydrogens is 360 g/mol. The summed E-state index contributed by atoms with van der Waals surface area (Å²) >= 11 is 6.00. The van der Waals surface area contributed by atoms with Gasteiger partial charge in [-0.2, -0.15) is 5.10 Å². The van der Waals surface area contributed by atoms with Gasteiger partial charge >= 0.3 is 0 Å². The highest BCUT2D eigenvalue weighted by atomic mass is 35.5. The highest BCUT2D eigenvalue weighted by Crippen LogP contribution is 2.20. The topological polar surface area (TPSA) is 76.9 Å². The molecule has 0 spiro atoms. The SMILES string of the molecule is Cc1ccc(S(=O)(=O)NCCn2ccc(-c3ccncc3)n2)cc1Cl. The zero-order chi connectivity index (χ0) is 17.9. The van der Waals surface area contributed by atoms with Crippen LogP contribution in [0.3, 0.4) is 0 Å². The molecule has 0 unspecified atom stereocenters. The van der Waals surface area contributed by atoms with E-state index in [0.717, 1.165) is 16.8 Å². The number of nitrogens with one attached hydrogen (secondary N) is 1. The van der Waals surface area contributed by atoms with Gasteiger partial charge in [-0.1, -0.05) is 17.7 Å². The second-order valence-electron chi connectivity index (χ2n) is 5.51. The van der Waals surface area contributed by atoms with E-state index in [0.29, 0.717) is 11.6 Å². The van der Waals surface area contributed by atoms with E-state index < -0.39 is 10.0 Å². The van der Waals surface area contributed by atoms with Crippen LogP contribution in [0.4, 0.5) is 0 Å². The summed E-state index contributed by atoms with van der Waals surface area (Å²) in [5.41, 5.74) is 2.61. The Morgan fingerprint density at radius 1 is 1.16 bits per heavy atom. The summed E-state index contributed by atoms with van der Waals surface area (Å²) in [6, 6.07) is 10.3. The predicted octanol–water partition coefficient (Wildman–Crippen LogP) is 2.89. The standard InChI is InChI=1S/C17H17ClN4O2S/c1-13-2-3-15(12-16(13)18)25(23,24)20-9-11-22-10-6-17(21-22)14-4-7-19-8-5-14/h2-8,10,12,20H,9,11H2,1H3. The van der Waals surface area contributed by atoms with Crippen LogP contribution in [0.25, 0.3) is 11.3 Å². The van der Waals surface area contributed by atoms with E-state index in [1.807, 2.05) is 31.3 Å². The molecule has 130 valence electrons. The molecule has 0 radical (unpaired) electrons. The van der Waals surface area contributed by atoms with Gasteiger partial charge in [-0.15, -0.1) is 0 Å². The molecular formula is C17H17ClN4O2S. The Morgan fingerprint density at radius 3 is 2.64 bits per heavy atom. The Hall–Kier alpha value is -2.22. The van der Waals surface area contributed by atoms with Crippen molar-refractivity contribution < 1.29 is 8.42 Å². The number of sulfonamides is 1. The van der Waals surface area contributed by atoms with Crippen molar-refractivity contribution in [3.63, 3.8) is 0 Å². The number of halogens is 1. The Balaban J connectivity index is 1.63. The summed E-state index contributed by atoms with van der Waals surface area (Å²) in [7, 11) is -3.60. The van der Waals surface area contributed by atoms with Crippen molar-refractivity contribution in [3.8, 4) is 11.3 Å². The van der Waals surface area contributed by atoms with E-state index >= 15 is 0 Å². The minimum atomic E-state index is -3.60. The number of aryl methyl sites for hydroxylation is 1. The number of hydrogen-bond acceptors (Lipinski definition) is 4. The molecule has 0 amide bonds. The summed E-state index contributed by atoms with van der Waals surface area (Å²) in [6.45, 7) is 2.47. The first-order chi connectivity index (χ1) is 12.0. The molecule has 6 nitrogen and oxygen atoms in total. The fraction of sp³-hybridized carbons (Fsp3) is 0.176. The monoisotopic (exact) mass is 376 g/mol. The molecule has 0 atom stereocenters. The molecule has 0 saturated heterocycles. The fourth-order valence-corrected chi connectivity index (χ4v) is 3.57. The van der Waals surface area contributed by atoms with Crippen molar-refractivity contribution in [1.29, 1.82) is 0 Å². The van der Waals surface area contributed by atoms with E-state index in [9.17, 15) is 8.42 Å². The molecule has 0 aliphatic carbocycles. The van der Waals surface area contributed by atoms with Gasteiger partial charge in [0.05, 0.1) is 17.1 Å². The van der Waals surface area contributed by atoms with Crippen LogP contribution in [0.15, 0.2) is 59.9 Å². The van der Waals surface area contributed by atoms with Crippen LogP contribution in [0.1, 0.15) is 5.56 Å². The third kappa shape index (κ3) is 4.25. The first-order valence-electron chi connectivity index (χ1n) is 7.65.